The van der Waals surface area contributed by atoms with E-state index in [1.807, 2.05) is 6.92 Å². The van der Waals surface area contributed by atoms with Gasteiger partial charge >= 0.3 is 0 Å². The molecule has 0 fully saturated rings. The van der Waals surface area contributed by atoms with Crippen LogP contribution in [0.5, 0.6) is 0 Å². The predicted molar refractivity (Wildman–Crippen MR) is 57.9 cm³/mol. The number of hydrogen-bond donors (Lipinski definition) is 0. The third kappa shape index (κ3) is 1.79. The average Bonchev–Trinajstić information content (AvgIpc) is 2.84. The molecule has 0 saturated carbocycles. The summed E-state index contributed by atoms with van der Waals surface area (Å²) in [5.74, 6) is 0.577. The topological polar surface area (TPSA) is 60.9 Å². The van der Waals surface area contributed by atoms with Crippen LogP contribution in [0.15, 0.2) is 35.0 Å². The Labute approximate surface area is 92.4 Å². The van der Waals surface area contributed by atoms with Gasteiger partial charge < -0.3 is 4.42 Å². The molecule has 0 aliphatic carbocycles. The molecule has 16 heavy (non-hydrogen) atoms. The maximum absolute atomic E-state index is 10.8. The summed E-state index contributed by atoms with van der Waals surface area (Å²) in [5.41, 5.74) is 1.79. The normalized spacial score (nSPS) is 10.3. The minimum absolute atomic E-state index is 0.274. The smallest absolute Gasteiger partial charge is 0.172 e. The Kier molecular flexibility index (Phi) is 2.68. The minimum Gasteiger partial charge on any atom is -0.463 e. The Morgan fingerprint density at radius 1 is 1.69 bits per heavy atom. The van der Waals surface area contributed by atoms with Crippen LogP contribution in [0.1, 0.15) is 17.4 Å². The van der Waals surface area contributed by atoms with Crippen LogP contribution in [0.3, 0.4) is 0 Å². The second-order valence-electron chi connectivity index (χ2n) is 3.53. The van der Waals surface area contributed by atoms with E-state index in [1.165, 1.54) is 0 Å². The number of aromatic nitrogens is 3. The molecule has 0 N–H and O–H groups in total. The molecule has 2 aromatic rings. The van der Waals surface area contributed by atoms with Gasteiger partial charge in [0.1, 0.15) is 5.69 Å². The van der Waals surface area contributed by atoms with E-state index in [4.69, 9.17) is 4.42 Å². The van der Waals surface area contributed by atoms with Crippen molar-refractivity contribution in [1.29, 1.82) is 0 Å². The Morgan fingerprint density at radius 3 is 3.06 bits per heavy atom. The van der Waals surface area contributed by atoms with Crippen LogP contribution in [0, 0.1) is 0 Å². The van der Waals surface area contributed by atoms with Crippen molar-refractivity contribution in [1.82, 2.24) is 15.0 Å². The molecule has 2 heterocycles. The Balaban J connectivity index is 2.51. The van der Waals surface area contributed by atoms with Crippen molar-refractivity contribution in [2.45, 2.75) is 13.5 Å². The van der Waals surface area contributed by atoms with Gasteiger partial charge in [0.15, 0.2) is 17.7 Å². The van der Waals surface area contributed by atoms with E-state index < -0.39 is 0 Å². The quantitative estimate of drug-likeness (QED) is 0.580. The Bertz CT molecular complexity index is 511. The summed E-state index contributed by atoms with van der Waals surface area (Å²) in [6.45, 7) is 6.19. The molecular weight excluding hydrogens is 206 g/mol. The van der Waals surface area contributed by atoms with E-state index in [0.29, 0.717) is 24.3 Å². The summed E-state index contributed by atoms with van der Waals surface area (Å²) in [6, 6.07) is 3.52. The second kappa shape index (κ2) is 4.14. The SMILES string of the molecule is C=C(C)Cn1nnc(C=O)c1-c1ccco1. The van der Waals surface area contributed by atoms with Gasteiger partial charge in [0.05, 0.1) is 12.8 Å². The van der Waals surface area contributed by atoms with Crippen molar-refractivity contribution in [3.8, 4) is 11.5 Å². The lowest BCUT2D eigenvalue weighted by Gasteiger charge is -2.03. The molecule has 0 aliphatic rings. The van der Waals surface area contributed by atoms with Crippen LogP contribution < -0.4 is 0 Å². The van der Waals surface area contributed by atoms with Crippen LogP contribution in [0.2, 0.25) is 0 Å². The zero-order valence-electron chi connectivity index (χ0n) is 8.88. The van der Waals surface area contributed by atoms with E-state index in [-0.39, 0.29) is 5.69 Å². The molecule has 0 saturated heterocycles. The molecule has 0 atom stereocenters. The van der Waals surface area contributed by atoms with Crippen LogP contribution in [0.4, 0.5) is 0 Å². The van der Waals surface area contributed by atoms with Gasteiger partial charge in [-0.1, -0.05) is 17.4 Å². The number of rotatable bonds is 4. The number of hydrogen-bond acceptors (Lipinski definition) is 4. The first-order chi connectivity index (χ1) is 7.72. The van der Waals surface area contributed by atoms with Gasteiger partial charge in [0.2, 0.25) is 0 Å². The maximum Gasteiger partial charge on any atom is 0.172 e. The lowest BCUT2D eigenvalue weighted by Crippen LogP contribution is -2.03. The highest BCUT2D eigenvalue weighted by atomic mass is 16.3. The van der Waals surface area contributed by atoms with E-state index in [2.05, 4.69) is 16.9 Å². The summed E-state index contributed by atoms with van der Waals surface area (Å²) < 4.78 is 6.86. The molecule has 0 aromatic carbocycles. The maximum atomic E-state index is 10.8. The molecule has 82 valence electrons. The minimum atomic E-state index is 0.274. The first kappa shape index (κ1) is 10.4. The van der Waals surface area contributed by atoms with Gasteiger partial charge in [-0.25, -0.2) is 4.68 Å². The van der Waals surface area contributed by atoms with Gasteiger partial charge in [-0.15, -0.1) is 5.10 Å². The van der Waals surface area contributed by atoms with Crippen molar-refractivity contribution in [2.24, 2.45) is 0 Å². The lowest BCUT2D eigenvalue weighted by atomic mass is 10.2. The van der Waals surface area contributed by atoms with Crippen LogP contribution >= 0.6 is 0 Å². The number of furan rings is 1. The van der Waals surface area contributed by atoms with Crippen LogP contribution in [0.25, 0.3) is 11.5 Å². The zero-order chi connectivity index (χ0) is 11.5. The summed E-state index contributed by atoms with van der Waals surface area (Å²) in [7, 11) is 0. The molecule has 2 aromatic heterocycles. The molecule has 0 amide bonds. The monoisotopic (exact) mass is 217 g/mol. The van der Waals surface area contributed by atoms with E-state index in [9.17, 15) is 4.79 Å². The van der Waals surface area contributed by atoms with Crippen molar-refractivity contribution >= 4 is 6.29 Å². The third-order valence-electron chi connectivity index (χ3n) is 2.05. The summed E-state index contributed by atoms with van der Waals surface area (Å²) >= 11 is 0. The molecule has 0 radical (unpaired) electrons. The average molecular weight is 217 g/mol. The molecular formula is C11H11N3O2. The molecule has 5 heteroatoms. The standard InChI is InChI=1S/C11H11N3O2/c1-8(2)6-14-11(9(7-15)12-13-14)10-4-3-5-16-10/h3-5,7H,1,6H2,2H3. The van der Waals surface area contributed by atoms with Gasteiger partial charge in [-0.3, -0.25) is 4.79 Å². The summed E-state index contributed by atoms with van der Waals surface area (Å²) in [4.78, 5) is 10.8. The van der Waals surface area contributed by atoms with Gasteiger partial charge in [-0.2, -0.15) is 0 Å². The fourth-order valence-corrected chi connectivity index (χ4v) is 1.44. The first-order valence-electron chi connectivity index (χ1n) is 4.79. The first-order valence-corrected chi connectivity index (χ1v) is 4.79. The molecule has 0 bridgehead atoms. The highest BCUT2D eigenvalue weighted by Crippen LogP contribution is 2.22. The Morgan fingerprint density at radius 2 is 2.50 bits per heavy atom. The largest absolute Gasteiger partial charge is 0.463 e. The van der Waals surface area contributed by atoms with Gasteiger partial charge in [0.25, 0.3) is 0 Å². The van der Waals surface area contributed by atoms with Crippen molar-refractivity contribution in [2.75, 3.05) is 0 Å². The molecule has 2 rings (SSSR count). The highest BCUT2D eigenvalue weighted by Gasteiger charge is 2.16. The number of carbonyl (C=O) groups excluding carboxylic acids is 1. The predicted octanol–water partition coefficient (Wildman–Crippen LogP) is 1.93. The van der Waals surface area contributed by atoms with Crippen molar-refractivity contribution < 1.29 is 9.21 Å². The molecule has 5 nitrogen and oxygen atoms in total. The van der Waals surface area contributed by atoms with E-state index in [0.717, 1.165) is 5.57 Å². The third-order valence-corrected chi connectivity index (χ3v) is 2.05. The van der Waals surface area contributed by atoms with Gasteiger partial charge in [-0.05, 0) is 19.1 Å². The zero-order valence-corrected chi connectivity index (χ0v) is 8.88. The number of carbonyl (C=O) groups is 1. The lowest BCUT2D eigenvalue weighted by molar-refractivity contribution is 0.111. The fourth-order valence-electron chi connectivity index (χ4n) is 1.44. The fraction of sp³-hybridized carbons (Fsp3) is 0.182. The van der Waals surface area contributed by atoms with E-state index in [1.54, 1.807) is 23.1 Å². The van der Waals surface area contributed by atoms with E-state index >= 15 is 0 Å². The number of allylic oxidation sites excluding steroid dienone is 1. The summed E-state index contributed by atoms with van der Waals surface area (Å²) in [6.07, 6.45) is 2.21. The van der Waals surface area contributed by atoms with Crippen molar-refractivity contribution in [3.63, 3.8) is 0 Å². The van der Waals surface area contributed by atoms with Gasteiger partial charge in [0, 0.05) is 0 Å². The molecule has 0 unspecified atom stereocenters. The molecule has 0 spiro atoms. The van der Waals surface area contributed by atoms with Crippen LogP contribution in [-0.4, -0.2) is 21.3 Å². The van der Waals surface area contributed by atoms with Crippen LogP contribution in [-0.2, 0) is 6.54 Å². The molecule has 0 aliphatic heterocycles. The van der Waals surface area contributed by atoms with Crippen molar-refractivity contribution in [3.05, 3.63) is 36.2 Å². The Hall–Kier alpha value is -2.17. The number of nitrogens with zero attached hydrogens (tertiary/aromatic N) is 3. The second-order valence-corrected chi connectivity index (χ2v) is 3.53. The number of aldehydes is 1. The highest BCUT2D eigenvalue weighted by molar-refractivity contribution is 5.81. The summed E-state index contributed by atoms with van der Waals surface area (Å²) in [5, 5.41) is 7.69.